The van der Waals surface area contributed by atoms with Crippen LogP contribution in [0, 0.1) is 5.92 Å². The van der Waals surface area contributed by atoms with Gasteiger partial charge in [0.15, 0.2) is 0 Å². The molecule has 1 heterocycles. The Labute approximate surface area is 99.0 Å². The Morgan fingerprint density at radius 1 is 1.41 bits per heavy atom. The van der Waals surface area contributed by atoms with Crippen LogP contribution in [0.25, 0.3) is 11.0 Å². The second kappa shape index (κ2) is 3.36. The summed E-state index contributed by atoms with van der Waals surface area (Å²) in [7, 11) is 0. The van der Waals surface area contributed by atoms with Crippen molar-refractivity contribution in [1.29, 1.82) is 0 Å². The molecule has 1 N–H and O–H groups in total. The van der Waals surface area contributed by atoms with Gasteiger partial charge in [0, 0.05) is 5.39 Å². The number of benzene rings is 1. The first-order chi connectivity index (χ1) is 8.12. The fraction of sp³-hybridized carbons (Fsp3) is 0.357. The summed E-state index contributed by atoms with van der Waals surface area (Å²) in [6, 6.07) is 7.53. The normalized spacial score (nSPS) is 19.1. The Balaban J connectivity index is 2.14. The third kappa shape index (κ3) is 1.46. The van der Waals surface area contributed by atoms with Crippen molar-refractivity contribution < 1.29 is 14.3 Å². The number of carboxylic acids is 1. The molecule has 0 saturated heterocycles. The van der Waals surface area contributed by atoms with Gasteiger partial charge in [0.1, 0.15) is 5.58 Å². The number of carboxylic acid groups (broad SMARTS) is 1. The minimum absolute atomic E-state index is 0.268. The molecule has 1 aliphatic carbocycles. The van der Waals surface area contributed by atoms with Crippen LogP contribution in [-0.4, -0.2) is 11.1 Å². The summed E-state index contributed by atoms with van der Waals surface area (Å²) < 4.78 is 5.27. The van der Waals surface area contributed by atoms with E-state index in [2.05, 4.69) is 0 Å². The molecule has 88 valence electrons. The summed E-state index contributed by atoms with van der Waals surface area (Å²) in [5, 5.41) is 10.5. The molecule has 3 rings (SSSR count). The van der Waals surface area contributed by atoms with E-state index in [-0.39, 0.29) is 5.92 Å². The quantitative estimate of drug-likeness (QED) is 0.880. The Bertz CT molecular complexity index is 580. The van der Waals surface area contributed by atoms with Crippen LogP contribution in [-0.2, 0) is 10.2 Å². The molecular weight excluding hydrogens is 216 g/mol. The third-order valence-corrected chi connectivity index (χ3v) is 3.89. The van der Waals surface area contributed by atoms with Crippen molar-refractivity contribution in [2.24, 2.45) is 5.92 Å². The van der Waals surface area contributed by atoms with Gasteiger partial charge < -0.3 is 9.52 Å². The van der Waals surface area contributed by atoms with Crippen LogP contribution in [0.1, 0.15) is 25.3 Å². The van der Waals surface area contributed by atoms with Gasteiger partial charge in [-0.3, -0.25) is 4.79 Å². The van der Waals surface area contributed by atoms with Gasteiger partial charge in [-0.05, 0) is 49.4 Å². The first-order valence-electron chi connectivity index (χ1n) is 5.83. The maximum atomic E-state index is 11.6. The molecule has 0 amide bonds. The molecule has 1 aliphatic rings. The van der Waals surface area contributed by atoms with E-state index < -0.39 is 11.4 Å². The van der Waals surface area contributed by atoms with Crippen molar-refractivity contribution in [3.05, 3.63) is 36.1 Å². The molecule has 0 aliphatic heterocycles. The highest BCUT2D eigenvalue weighted by Crippen LogP contribution is 2.47. The standard InChI is InChI=1S/C14H14O3/c1-14(13(15)16,10-2-3-10)11-4-5-12-9(8-11)6-7-17-12/h4-8,10H,2-3H2,1H3,(H,15,16). The van der Waals surface area contributed by atoms with E-state index in [4.69, 9.17) is 4.42 Å². The summed E-state index contributed by atoms with van der Waals surface area (Å²) in [6.07, 6.45) is 3.64. The second-order valence-corrected chi connectivity index (χ2v) is 4.95. The van der Waals surface area contributed by atoms with Crippen molar-refractivity contribution in [3.63, 3.8) is 0 Å². The fourth-order valence-electron chi connectivity index (χ4n) is 2.48. The molecule has 1 aromatic carbocycles. The third-order valence-electron chi connectivity index (χ3n) is 3.89. The van der Waals surface area contributed by atoms with Crippen LogP contribution in [0.5, 0.6) is 0 Å². The molecule has 0 spiro atoms. The predicted octanol–water partition coefficient (Wildman–Crippen LogP) is 3.19. The zero-order chi connectivity index (χ0) is 12.0. The molecule has 3 nitrogen and oxygen atoms in total. The smallest absolute Gasteiger partial charge is 0.314 e. The Morgan fingerprint density at radius 3 is 2.82 bits per heavy atom. The molecule has 1 unspecified atom stereocenters. The second-order valence-electron chi connectivity index (χ2n) is 4.95. The maximum absolute atomic E-state index is 11.6. The van der Waals surface area contributed by atoms with Crippen LogP contribution < -0.4 is 0 Å². The van der Waals surface area contributed by atoms with E-state index in [1.807, 2.05) is 31.2 Å². The molecule has 3 heteroatoms. The van der Waals surface area contributed by atoms with E-state index in [9.17, 15) is 9.90 Å². The van der Waals surface area contributed by atoms with E-state index in [0.29, 0.717) is 0 Å². The molecule has 1 fully saturated rings. The molecule has 17 heavy (non-hydrogen) atoms. The molecule has 1 aromatic heterocycles. The minimum atomic E-state index is -0.758. The van der Waals surface area contributed by atoms with Gasteiger partial charge in [0.25, 0.3) is 0 Å². The average molecular weight is 230 g/mol. The van der Waals surface area contributed by atoms with Crippen molar-refractivity contribution >= 4 is 16.9 Å². The molecular formula is C14H14O3. The molecule has 0 radical (unpaired) electrons. The van der Waals surface area contributed by atoms with E-state index in [0.717, 1.165) is 29.4 Å². The lowest BCUT2D eigenvalue weighted by Gasteiger charge is -2.25. The zero-order valence-electron chi connectivity index (χ0n) is 9.64. The van der Waals surface area contributed by atoms with Crippen molar-refractivity contribution in [1.82, 2.24) is 0 Å². The number of carbonyl (C=O) groups is 1. The number of fused-ring (bicyclic) bond motifs is 1. The first kappa shape index (κ1) is 10.4. The van der Waals surface area contributed by atoms with Crippen LogP contribution >= 0.6 is 0 Å². The summed E-state index contributed by atoms with van der Waals surface area (Å²) in [4.78, 5) is 11.6. The molecule has 2 aromatic rings. The monoisotopic (exact) mass is 230 g/mol. The van der Waals surface area contributed by atoms with Crippen LogP contribution in [0.3, 0.4) is 0 Å². The molecule has 1 saturated carbocycles. The zero-order valence-corrected chi connectivity index (χ0v) is 9.64. The topological polar surface area (TPSA) is 50.4 Å². The van der Waals surface area contributed by atoms with Gasteiger partial charge in [-0.1, -0.05) is 6.07 Å². The number of hydrogen-bond acceptors (Lipinski definition) is 2. The van der Waals surface area contributed by atoms with Gasteiger partial charge >= 0.3 is 5.97 Å². The lowest BCUT2D eigenvalue weighted by molar-refractivity contribution is -0.144. The maximum Gasteiger partial charge on any atom is 0.314 e. The Hall–Kier alpha value is -1.77. The van der Waals surface area contributed by atoms with Gasteiger partial charge in [0.05, 0.1) is 11.7 Å². The minimum Gasteiger partial charge on any atom is -0.481 e. The fourth-order valence-corrected chi connectivity index (χ4v) is 2.48. The number of hydrogen-bond donors (Lipinski definition) is 1. The number of furan rings is 1. The van der Waals surface area contributed by atoms with Crippen LogP contribution in [0.15, 0.2) is 34.9 Å². The van der Waals surface area contributed by atoms with Crippen LogP contribution in [0.4, 0.5) is 0 Å². The van der Waals surface area contributed by atoms with Crippen LogP contribution in [0.2, 0.25) is 0 Å². The summed E-state index contributed by atoms with van der Waals surface area (Å²) in [5.74, 6) is -0.466. The van der Waals surface area contributed by atoms with Crippen molar-refractivity contribution in [3.8, 4) is 0 Å². The lowest BCUT2D eigenvalue weighted by atomic mass is 9.77. The first-order valence-corrected chi connectivity index (χ1v) is 5.83. The summed E-state index contributed by atoms with van der Waals surface area (Å²) in [6.45, 7) is 1.83. The highest BCUT2D eigenvalue weighted by molar-refractivity contribution is 5.85. The lowest BCUT2D eigenvalue weighted by Crippen LogP contribution is -2.34. The van der Waals surface area contributed by atoms with Gasteiger partial charge in [0.2, 0.25) is 0 Å². The Kier molecular flexibility index (Phi) is 2.05. The average Bonchev–Trinajstić information content (AvgIpc) is 3.06. The highest BCUT2D eigenvalue weighted by Gasteiger charge is 2.48. The summed E-state index contributed by atoms with van der Waals surface area (Å²) >= 11 is 0. The van der Waals surface area contributed by atoms with E-state index >= 15 is 0 Å². The van der Waals surface area contributed by atoms with E-state index in [1.54, 1.807) is 6.26 Å². The summed E-state index contributed by atoms with van der Waals surface area (Å²) in [5.41, 5.74) is 0.921. The largest absolute Gasteiger partial charge is 0.481 e. The molecule has 0 bridgehead atoms. The van der Waals surface area contributed by atoms with Gasteiger partial charge in [-0.25, -0.2) is 0 Å². The highest BCUT2D eigenvalue weighted by atomic mass is 16.4. The predicted molar refractivity (Wildman–Crippen MR) is 63.9 cm³/mol. The van der Waals surface area contributed by atoms with E-state index in [1.165, 1.54) is 0 Å². The SMILES string of the molecule is CC(C(=O)O)(c1ccc2occc2c1)C1CC1. The van der Waals surface area contributed by atoms with Gasteiger partial charge in [-0.15, -0.1) is 0 Å². The van der Waals surface area contributed by atoms with Crippen molar-refractivity contribution in [2.45, 2.75) is 25.2 Å². The number of aliphatic carboxylic acids is 1. The molecule has 1 atom stereocenters. The van der Waals surface area contributed by atoms with Crippen molar-refractivity contribution in [2.75, 3.05) is 0 Å². The number of rotatable bonds is 3. The Morgan fingerprint density at radius 2 is 2.18 bits per heavy atom. The van der Waals surface area contributed by atoms with Gasteiger partial charge in [-0.2, -0.15) is 0 Å².